The Balaban J connectivity index is 2.30. The Bertz CT molecular complexity index is 1090. The van der Waals surface area contributed by atoms with Gasteiger partial charge in [-0.3, -0.25) is 9.35 Å². The summed E-state index contributed by atoms with van der Waals surface area (Å²) in [5.74, 6) is -0.398. The van der Waals surface area contributed by atoms with Crippen LogP contribution in [0.2, 0.25) is 0 Å². The van der Waals surface area contributed by atoms with Crippen LogP contribution in [0.5, 0.6) is 0 Å². The van der Waals surface area contributed by atoms with Gasteiger partial charge in [0.1, 0.15) is 30.5 Å². The molecule has 0 bridgehead atoms. The third kappa shape index (κ3) is 32.2. The highest BCUT2D eigenvalue weighted by Gasteiger charge is 2.48. The molecule has 350 valence electrons. The van der Waals surface area contributed by atoms with Gasteiger partial charge in [0.2, 0.25) is 0 Å². The first-order valence-electron chi connectivity index (χ1n) is 23.9. The van der Waals surface area contributed by atoms with Crippen LogP contribution in [0.25, 0.3) is 0 Å². The van der Waals surface area contributed by atoms with E-state index in [-0.39, 0.29) is 19.6 Å². The maximum Gasteiger partial charge on any atom is 0.397 e. The zero-order valence-corrected chi connectivity index (χ0v) is 38.1. The Hall–Kier alpha value is -1.16. The van der Waals surface area contributed by atoms with E-state index in [4.69, 9.17) is 23.5 Å². The van der Waals surface area contributed by atoms with Gasteiger partial charge in [-0.1, -0.05) is 180 Å². The smallest absolute Gasteiger partial charge is 0.397 e. The zero-order chi connectivity index (χ0) is 43.2. The number of carbonyl (C=O) groups is 1. The topological polar surface area (TPSA) is 178 Å². The summed E-state index contributed by atoms with van der Waals surface area (Å²) in [5.41, 5.74) is 0. The minimum atomic E-state index is -5.06. The first-order valence-corrected chi connectivity index (χ1v) is 25.3. The molecule has 13 heteroatoms. The SMILES string of the molecule is CCCCCCCCCC/C=C\CCCCCCCCCCCCCC(=O)OC(COCCCCCCCCCCC)COC1OC(CO)C(O)C(OS(=O)(=O)O)C1O. The standard InChI is InChI=1S/C46H88O12S/c1-3-5-7-9-11-13-14-15-16-17-18-19-20-21-22-23-24-25-26-27-29-31-33-35-42(48)56-40(38-54-36-34-32-30-28-12-10-8-6-4-2)39-55-46-44(50)45(58-59(51,52)53)43(49)41(37-47)57-46/h17-18,40-41,43-47,49-50H,3-16,19-39H2,1-2H3,(H,51,52,53)/b18-17-. The van der Waals surface area contributed by atoms with Gasteiger partial charge in [0.05, 0.1) is 19.8 Å². The Kier molecular flexibility index (Phi) is 36.5. The van der Waals surface area contributed by atoms with Gasteiger partial charge in [-0.05, 0) is 38.5 Å². The van der Waals surface area contributed by atoms with Crippen molar-refractivity contribution in [2.45, 2.75) is 250 Å². The number of esters is 1. The van der Waals surface area contributed by atoms with Crippen LogP contribution in [0.3, 0.4) is 0 Å². The lowest BCUT2D eigenvalue weighted by molar-refractivity contribution is -0.301. The predicted molar refractivity (Wildman–Crippen MR) is 234 cm³/mol. The van der Waals surface area contributed by atoms with Gasteiger partial charge in [-0.25, -0.2) is 4.18 Å². The molecule has 1 rings (SSSR count). The van der Waals surface area contributed by atoms with Crippen molar-refractivity contribution in [3.63, 3.8) is 0 Å². The number of aliphatic hydroxyl groups is 3. The second kappa shape index (κ2) is 38.5. The van der Waals surface area contributed by atoms with Gasteiger partial charge in [-0.15, -0.1) is 0 Å². The summed E-state index contributed by atoms with van der Waals surface area (Å²) >= 11 is 0. The maximum absolute atomic E-state index is 12.8. The van der Waals surface area contributed by atoms with Crippen molar-refractivity contribution < 1.29 is 56.2 Å². The van der Waals surface area contributed by atoms with Gasteiger partial charge in [0.25, 0.3) is 0 Å². The monoisotopic (exact) mass is 865 g/mol. The molecule has 12 nitrogen and oxygen atoms in total. The average molecular weight is 865 g/mol. The summed E-state index contributed by atoms with van der Waals surface area (Å²) < 4.78 is 59.0. The van der Waals surface area contributed by atoms with Crippen LogP contribution in [0, 0.1) is 0 Å². The van der Waals surface area contributed by atoms with Crippen LogP contribution in [0.4, 0.5) is 0 Å². The van der Waals surface area contributed by atoms with Crippen LogP contribution < -0.4 is 0 Å². The van der Waals surface area contributed by atoms with Crippen molar-refractivity contribution in [2.24, 2.45) is 0 Å². The van der Waals surface area contributed by atoms with Crippen LogP contribution >= 0.6 is 0 Å². The van der Waals surface area contributed by atoms with Crippen LogP contribution in [-0.2, 0) is 38.3 Å². The van der Waals surface area contributed by atoms with Gasteiger partial charge in [-0.2, -0.15) is 8.42 Å². The van der Waals surface area contributed by atoms with Crippen molar-refractivity contribution >= 4 is 16.4 Å². The quantitative estimate of drug-likeness (QED) is 0.0198. The number of aliphatic hydroxyl groups excluding tert-OH is 3. The molecule has 0 saturated carbocycles. The zero-order valence-electron chi connectivity index (χ0n) is 37.3. The number of ether oxygens (including phenoxy) is 4. The fourth-order valence-electron chi connectivity index (χ4n) is 7.49. The number of allylic oxidation sites excluding steroid dienone is 2. The second-order valence-electron chi connectivity index (χ2n) is 16.7. The van der Waals surface area contributed by atoms with E-state index in [9.17, 15) is 28.5 Å². The molecular weight excluding hydrogens is 777 g/mol. The number of carbonyl (C=O) groups excluding carboxylic acids is 1. The highest BCUT2D eigenvalue weighted by atomic mass is 32.3. The molecule has 1 aliphatic rings. The fourth-order valence-corrected chi connectivity index (χ4v) is 8.00. The summed E-state index contributed by atoms with van der Waals surface area (Å²) in [5, 5.41) is 30.6. The summed E-state index contributed by atoms with van der Waals surface area (Å²) in [6.45, 7) is 3.99. The largest absolute Gasteiger partial charge is 0.457 e. The highest BCUT2D eigenvalue weighted by molar-refractivity contribution is 7.80. The van der Waals surface area contributed by atoms with E-state index in [0.717, 1.165) is 38.5 Å². The second-order valence-corrected chi connectivity index (χ2v) is 17.8. The van der Waals surface area contributed by atoms with Gasteiger partial charge < -0.3 is 34.3 Å². The van der Waals surface area contributed by atoms with E-state index in [2.05, 4.69) is 30.2 Å². The molecular formula is C46H88O12S. The Morgan fingerprint density at radius 3 is 1.53 bits per heavy atom. The van der Waals surface area contributed by atoms with Crippen molar-refractivity contribution in [3.05, 3.63) is 12.2 Å². The lowest BCUT2D eigenvalue weighted by atomic mass is 9.99. The Morgan fingerprint density at radius 2 is 1.07 bits per heavy atom. The van der Waals surface area contributed by atoms with Crippen molar-refractivity contribution in [1.82, 2.24) is 0 Å². The number of hydrogen-bond acceptors (Lipinski definition) is 11. The summed E-state index contributed by atoms with van der Waals surface area (Å²) in [7, 11) is -5.06. The molecule has 0 aromatic carbocycles. The maximum atomic E-state index is 12.8. The van der Waals surface area contributed by atoms with Gasteiger partial charge in [0, 0.05) is 13.0 Å². The molecule has 0 aromatic rings. The van der Waals surface area contributed by atoms with Crippen LogP contribution in [0.15, 0.2) is 12.2 Å². The number of unbranched alkanes of at least 4 members (excludes halogenated alkanes) is 27. The first kappa shape index (κ1) is 55.9. The minimum absolute atomic E-state index is 0.0407. The van der Waals surface area contributed by atoms with Crippen molar-refractivity contribution in [3.8, 4) is 0 Å². The Morgan fingerprint density at radius 1 is 0.627 bits per heavy atom. The molecule has 1 saturated heterocycles. The van der Waals surface area contributed by atoms with E-state index < -0.39 is 59.8 Å². The molecule has 0 radical (unpaired) electrons. The van der Waals surface area contributed by atoms with Crippen molar-refractivity contribution in [2.75, 3.05) is 26.4 Å². The third-order valence-electron chi connectivity index (χ3n) is 11.1. The molecule has 0 spiro atoms. The summed E-state index contributed by atoms with van der Waals surface area (Å²) in [4.78, 5) is 12.8. The lowest BCUT2D eigenvalue weighted by Crippen LogP contribution is -2.60. The predicted octanol–water partition coefficient (Wildman–Crippen LogP) is 10.2. The van der Waals surface area contributed by atoms with Crippen LogP contribution in [-0.4, -0.2) is 97.5 Å². The molecule has 0 aliphatic carbocycles. The molecule has 1 aliphatic heterocycles. The molecule has 4 N–H and O–H groups in total. The summed E-state index contributed by atoms with van der Waals surface area (Å²) in [6.07, 6.45) is 32.6. The van der Waals surface area contributed by atoms with Gasteiger partial charge >= 0.3 is 16.4 Å². The molecule has 0 aromatic heterocycles. The molecule has 6 unspecified atom stereocenters. The van der Waals surface area contributed by atoms with E-state index in [1.54, 1.807) is 0 Å². The average Bonchev–Trinajstić information content (AvgIpc) is 3.20. The normalized spacial score (nSPS) is 20.4. The number of rotatable bonds is 42. The molecule has 6 atom stereocenters. The van der Waals surface area contributed by atoms with Crippen molar-refractivity contribution in [1.29, 1.82) is 0 Å². The summed E-state index contributed by atoms with van der Waals surface area (Å²) in [6, 6.07) is 0. The highest BCUT2D eigenvalue weighted by Crippen LogP contribution is 2.26. The fraction of sp³-hybridized carbons (Fsp3) is 0.935. The third-order valence-corrected chi connectivity index (χ3v) is 11.6. The Labute approximate surface area is 359 Å². The lowest BCUT2D eigenvalue weighted by Gasteiger charge is -2.41. The molecule has 59 heavy (non-hydrogen) atoms. The molecule has 0 amide bonds. The van der Waals surface area contributed by atoms with E-state index in [1.165, 1.54) is 148 Å². The molecule has 1 heterocycles. The minimum Gasteiger partial charge on any atom is -0.457 e. The molecule has 1 fully saturated rings. The first-order chi connectivity index (χ1) is 28.6. The van der Waals surface area contributed by atoms with E-state index >= 15 is 0 Å². The van der Waals surface area contributed by atoms with E-state index in [0.29, 0.717) is 13.0 Å². The van der Waals surface area contributed by atoms with E-state index in [1.807, 2.05) is 0 Å². The van der Waals surface area contributed by atoms with Crippen LogP contribution in [0.1, 0.15) is 213 Å². The van der Waals surface area contributed by atoms with Gasteiger partial charge in [0.15, 0.2) is 6.29 Å². The number of hydrogen-bond donors (Lipinski definition) is 4.